The Hall–Kier alpha value is -2.50. The average Bonchev–Trinajstić information content (AvgIpc) is 3.01. The molecule has 0 radical (unpaired) electrons. The molecule has 11 heteroatoms. The van der Waals surface area contributed by atoms with Gasteiger partial charge < -0.3 is 25.8 Å². The quantitative estimate of drug-likeness (QED) is 0.420. The van der Waals surface area contributed by atoms with Crippen molar-refractivity contribution in [2.24, 2.45) is 0 Å². The Labute approximate surface area is 122 Å². The van der Waals surface area contributed by atoms with Gasteiger partial charge in [-0.15, -0.1) is 0 Å². The zero-order chi connectivity index (χ0) is 16.0. The van der Waals surface area contributed by atoms with E-state index in [1.165, 1.54) is 10.9 Å². The lowest BCUT2D eigenvalue weighted by Gasteiger charge is -2.17. The van der Waals surface area contributed by atoms with E-state index in [2.05, 4.69) is 15.0 Å². The van der Waals surface area contributed by atoms with Crippen molar-refractivity contribution in [1.29, 1.82) is 0 Å². The first-order valence-corrected chi connectivity index (χ1v) is 6.35. The summed E-state index contributed by atoms with van der Waals surface area (Å²) in [5.74, 6) is -1.58. The van der Waals surface area contributed by atoms with Gasteiger partial charge in [0.05, 0.1) is 12.4 Å². The van der Waals surface area contributed by atoms with Crippen molar-refractivity contribution < 1.29 is 24.9 Å². The number of hydrogen-bond acceptors (Lipinski definition) is 8. The molecule has 0 aromatic carbocycles. The van der Waals surface area contributed by atoms with Gasteiger partial charge in [0.25, 0.3) is 5.56 Å². The number of fused-ring (bicyclic) bond motifs is 1. The smallest absolute Gasteiger partial charge is 0.335 e. The number of H-pyrrole nitrogens is 1. The monoisotopic (exact) mass is 311 g/mol. The number of carboxylic acids is 1. The molecule has 6 N–H and O–H groups in total. The Balaban J connectivity index is 1.98. The third-order valence-corrected chi connectivity index (χ3v) is 3.45. The van der Waals surface area contributed by atoms with Gasteiger partial charge in [-0.2, -0.15) is 4.98 Å². The van der Waals surface area contributed by atoms with Crippen molar-refractivity contribution in [2.45, 2.75) is 31.0 Å². The number of hydrogen-bond donors (Lipinski definition) is 5. The summed E-state index contributed by atoms with van der Waals surface area (Å²) in [5.41, 5.74) is 5.03. The number of anilines is 1. The summed E-state index contributed by atoms with van der Waals surface area (Å²) in [6, 6.07) is 0. The van der Waals surface area contributed by atoms with Gasteiger partial charge in [-0.1, -0.05) is 0 Å². The molecule has 0 saturated carbocycles. The number of carboxylic acid groups (broad SMARTS) is 1. The van der Waals surface area contributed by atoms with Crippen LogP contribution in [0.25, 0.3) is 11.2 Å². The second-order valence-corrected chi connectivity index (χ2v) is 4.93. The molecular weight excluding hydrogens is 298 g/mol. The van der Waals surface area contributed by atoms with E-state index in [0.717, 1.165) is 0 Å². The van der Waals surface area contributed by atoms with Gasteiger partial charge >= 0.3 is 5.97 Å². The summed E-state index contributed by atoms with van der Waals surface area (Å²) >= 11 is 0. The minimum atomic E-state index is -1.77. The molecule has 3 heterocycles. The molecule has 1 fully saturated rings. The molecule has 0 spiro atoms. The van der Waals surface area contributed by atoms with Gasteiger partial charge in [0.15, 0.2) is 23.5 Å². The molecule has 118 valence electrons. The Morgan fingerprint density at radius 3 is 3.00 bits per heavy atom. The third kappa shape index (κ3) is 2.20. The number of nitrogens with two attached hydrogens (primary N) is 1. The van der Waals surface area contributed by atoms with Crippen LogP contribution >= 0.6 is 0 Å². The summed E-state index contributed by atoms with van der Waals surface area (Å²) in [6.07, 6.45) is -3.84. The highest BCUT2D eigenvalue weighted by Crippen LogP contribution is 2.32. The van der Waals surface area contributed by atoms with Crippen molar-refractivity contribution in [2.75, 3.05) is 5.73 Å². The Kier molecular flexibility index (Phi) is 3.31. The first-order chi connectivity index (χ1) is 10.4. The van der Waals surface area contributed by atoms with E-state index < -0.39 is 36.1 Å². The van der Waals surface area contributed by atoms with Crippen LogP contribution in [0.2, 0.25) is 0 Å². The third-order valence-electron chi connectivity index (χ3n) is 3.45. The highest BCUT2D eigenvalue weighted by atomic mass is 16.5. The fraction of sp³-hybridized carbons (Fsp3) is 0.455. The second kappa shape index (κ2) is 5.05. The largest absolute Gasteiger partial charge is 0.479 e. The summed E-state index contributed by atoms with van der Waals surface area (Å²) in [7, 11) is 0. The fourth-order valence-electron chi connectivity index (χ4n) is 2.42. The van der Waals surface area contributed by atoms with Gasteiger partial charge in [-0.25, -0.2) is 9.78 Å². The second-order valence-electron chi connectivity index (χ2n) is 4.93. The summed E-state index contributed by atoms with van der Waals surface area (Å²) in [6.45, 7) is 0. The molecule has 0 aliphatic carbocycles. The van der Waals surface area contributed by atoms with Crippen LogP contribution in [-0.4, -0.2) is 59.1 Å². The van der Waals surface area contributed by atoms with Crippen LogP contribution in [-0.2, 0) is 9.53 Å². The van der Waals surface area contributed by atoms with E-state index in [9.17, 15) is 19.8 Å². The van der Waals surface area contributed by atoms with Gasteiger partial charge in [-0.05, 0) is 0 Å². The maximum atomic E-state index is 11.7. The van der Waals surface area contributed by atoms with E-state index >= 15 is 0 Å². The molecule has 0 amide bonds. The Bertz CT molecular complexity index is 785. The predicted octanol–water partition coefficient (Wildman–Crippen LogP) is -2.20. The normalized spacial score (nSPS) is 26.4. The molecule has 2 aromatic rings. The van der Waals surface area contributed by atoms with Gasteiger partial charge in [-0.3, -0.25) is 14.3 Å². The number of aliphatic carboxylic acids is 1. The van der Waals surface area contributed by atoms with Gasteiger partial charge in [0, 0.05) is 6.42 Å². The maximum absolute atomic E-state index is 11.7. The maximum Gasteiger partial charge on any atom is 0.335 e. The number of aromatic amines is 1. The van der Waals surface area contributed by atoms with Crippen LogP contribution in [0.1, 0.15) is 12.6 Å². The van der Waals surface area contributed by atoms with E-state index in [1.807, 2.05) is 0 Å². The van der Waals surface area contributed by atoms with Crippen molar-refractivity contribution >= 4 is 23.1 Å². The molecule has 3 rings (SSSR count). The number of nitrogens with one attached hydrogen (secondary N) is 1. The number of ether oxygens (including phenoxy) is 1. The summed E-state index contributed by atoms with van der Waals surface area (Å²) < 4.78 is 6.66. The molecule has 1 aliphatic heterocycles. The zero-order valence-corrected chi connectivity index (χ0v) is 11.1. The number of imidazole rings is 1. The number of aliphatic hydroxyl groups excluding tert-OH is 2. The van der Waals surface area contributed by atoms with Gasteiger partial charge in [0.2, 0.25) is 5.95 Å². The van der Waals surface area contributed by atoms with Crippen LogP contribution in [0.3, 0.4) is 0 Å². The van der Waals surface area contributed by atoms with Gasteiger partial charge in [0.1, 0.15) is 6.10 Å². The molecule has 4 atom stereocenters. The molecule has 22 heavy (non-hydrogen) atoms. The lowest BCUT2D eigenvalue weighted by molar-refractivity contribution is -0.156. The zero-order valence-electron chi connectivity index (χ0n) is 11.1. The molecule has 2 aromatic heterocycles. The number of rotatable bonds is 3. The van der Waals surface area contributed by atoms with Crippen molar-refractivity contribution in [3.8, 4) is 0 Å². The van der Waals surface area contributed by atoms with E-state index in [0.29, 0.717) is 0 Å². The highest BCUT2D eigenvalue weighted by molar-refractivity contribution is 5.73. The van der Waals surface area contributed by atoms with Crippen LogP contribution < -0.4 is 11.3 Å². The van der Waals surface area contributed by atoms with Crippen LogP contribution in [0.15, 0.2) is 11.1 Å². The topological polar surface area (TPSA) is 177 Å². The molecule has 1 saturated heterocycles. The van der Waals surface area contributed by atoms with E-state index in [1.54, 1.807) is 0 Å². The number of aliphatic hydroxyl groups is 2. The van der Waals surface area contributed by atoms with Crippen molar-refractivity contribution in [1.82, 2.24) is 19.5 Å². The molecule has 2 unspecified atom stereocenters. The minimum Gasteiger partial charge on any atom is -0.479 e. The lowest BCUT2D eigenvalue weighted by Crippen LogP contribution is -2.33. The predicted molar refractivity (Wildman–Crippen MR) is 70.7 cm³/mol. The number of nitrogens with zero attached hydrogens (tertiary/aromatic N) is 3. The van der Waals surface area contributed by atoms with E-state index in [-0.39, 0.29) is 23.5 Å². The highest BCUT2D eigenvalue weighted by Gasteiger charge is 2.42. The molecular formula is C11H13N5O6. The standard InChI is InChI=1S/C11H13N5O6/c12-11-14-7-5(8(19)15-11)13-2-16(7)9-3(17)1-4(22-9)6(18)10(20)21/h2-4,6,9,17-18H,1H2,(H,20,21)(H3,12,14,15,19)/t3?,4-,6?,9+/m0/s1. The Morgan fingerprint density at radius 2 is 2.32 bits per heavy atom. The summed E-state index contributed by atoms with van der Waals surface area (Å²) in [4.78, 5) is 32.6. The fourth-order valence-corrected chi connectivity index (χ4v) is 2.42. The lowest BCUT2D eigenvalue weighted by atomic mass is 10.1. The van der Waals surface area contributed by atoms with Crippen LogP contribution in [0.4, 0.5) is 5.95 Å². The SMILES string of the molecule is Nc1nc2c(ncn2[C@@H]2O[C@H](C(O)C(=O)O)CC2O)c(=O)[nH]1. The number of aromatic nitrogens is 4. The first kappa shape index (κ1) is 14.4. The number of carbonyl (C=O) groups is 1. The van der Waals surface area contributed by atoms with Crippen molar-refractivity contribution in [3.63, 3.8) is 0 Å². The van der Waals surface area contributed by atoms with E-state index in [4.69, 9.17) is 15.6 Å². The molecule has 11 nitrogen and oxygen atoms in total. The van der Waals surface area contributed by atoms with Crippen molar-refractivity contribution in [3.05, 3.63) is 16.7 Å². The molecule has 1 aliphatic rings. The molecule has 0 bridgehead atoms. The Morgan fingerprint density at radius 1 is 1.59 bits per heavy atom. The summed E-state index contributed by atoms with van der Waals surface area (Å²) in [5, 5.41) is 28.3. The van der Waals surface area contributed by atoms with Crippen LogP contribution in [0, 0.1) is 0 Å². The first-order valence-electron chi connectivity index (χ1n) is 6.35. The minimum absolute atomic E-state index is 0.00670. The average molecular weight is 311 g/mol. The van der Waals surface area contributed by atoms with Crippen LogP contribution in [0.5, 0.6) is 0 Å². The number of nitrogen functional groups attached to an aromatic ring is 1.